The molecule has 1 atom stereocenters. The van der Waals surface area contributed by atoms with E-state index >= 15 is 0 Å². The molecule has 4 rings (SSSR count). The molecule has 2 N–H and O–H groups in total. The van der Waals surface area contributed by atoms with E-state index in [1.54, 1.807) is 12.1 Å². The summed E-state index contributed by atoms with van der Waals surface area (Å²) < 4.78 is 1.91. The number of carbonyl (C=O) groups is 2. The smallest absolute Gasteiger partial charge is 0.251 e. The molecule has 2 aromatic heterocycles. The fourth-order valence-electron chi connectivity index (χ4n) is 3.02. The van der Waals surface area contributed by atoms with Crippen LogP contribution in [-0.2, 0) is 11.3 Å². The molecule has 0 aliphatic heterocycles. The second kappa shape index (κ2) is 9.56. The van der Waals surface area contributed by atoms with Crippen molar-refractivity contribution in [2.45, 2.75) is 50.4 Å². The Bertz CT molecular complexity index is 1060. The lowest BCUT2D eigenvalue weighted by atomic mass is 10.2. The number of amides is 2. The summed E-state index contributed by atoms with van der Waals surface area (Å²) in [6.45, 7) is 4.47. The SMILES string of the molecule is CCn1c(SCC(=O)Nc2nnc(C3CC3)s2)nnc1[C@H](C)NC(=O)c1ccccc1. The van der Waals surface area contributed by atoms with Crippen LogP contribution >= 0.6 is 23.1 Å². The minimum Gasteiger partial charge on any atom is -0.342 e. The average molecular weight is 458 g/mol. The summed E-state index contributed by atoms with van der Waals surface area (Å²) in [5.41, 5.74) is 0.588. The third-order valence-electron chi connectivity index (χ3n) is 4.78. The Labute approximate surface area is 188 Å². The van der Waals surface area contributed by atoms with Crippen LogP contribution in [0.1, 0.15) is 59.8 Å². The Hall–Kier alpha value is -2.79. The molecular formula is C20H23N7O2S2. The first-order chi connectivity index (χ1) is 15.0. The van der Waals surface area contributed by atoms with Crippen LogP contribution in [0.5, 0.6) is 0 Å². The Morgan fingerprint density at radius 1 is 1.19 bits per heavy atom. The molecule has 9 nitrogen and oxygen atoms in total. The van der Waals surface area contributed by atoms with Crippen molar-refractivity contribution in [1.29, 1.82) is 0 Å². The van der Waals surface area contributed by atoms with E-state index in [1.165, 1.54) is 23.1 Å². The predicted octanol–water partition coefficient (Wildman–Crippen LogP) is 3.25. The van der Waals surface area contributed by atoms with Gasteiger partial charge in [0.25, 0.3) is 5.91 Å². The number of anilines is 1. The van der Waals surface area contributed by atoms with Crippen molar-refractivity contribution in [3.8, 4) is 0 Å². The molecule has 3 aromatic rings. The fourth-order valence-corrected chi connectivity index (χ4v) is 4.76. The lowest BCUT2D eigenvalue weighted by Crippen LogP contribution is -2.28. The molecule has 1 aromatic carbocycles. The van der Waals surface area contributed by atoms with Gasteiger partial charge in [-0.2, -0.15) is 0 Å². The molecule has 0 unspecified atom stereocenters. The van der Waals surface area contributed by atoms with Gasteiger partial charge in [-0.15, -0.1) is 20.4 Å². The average Bonchev–Trinajstić information content (AvgIpc) is 3.38. The molecule has 162 valence electrons. The van der Waals surface area contributed by atoms with Crippen molar-refractivity contribution in [2.24, 2.45) is 0 Å². The van der Waals surface area contributed by atoms with Gasteiger partial charge in [0.15, 0.2) is 11.0 Å². The quantitative estimate of drug-likeness (QED) is 0.474. The van der Waals surface area contributed by atoms with E-state index in [4.69, 9.17) is 0 Å². The van der Waals surface area contributed by atoms with Crippen LogP contribution in [0.15, 0.2) is 35.5 Å². The van der Waals surface area contributed by atoms with E-state index in [2.05, 4.69) is 31.0 Å². The van der Waals surface area contributed by atoms with Gasteiger partial charge in [-0.1, -0.05) is 41.3 Å². The number of nitrogens with one attached hydrogen (secondary N) is 2. The standard InChI is InChI=1S/C20H23N7O2S2/c1-3-27-16(12(2)21-17(29)13-7-5-4-6-8-13)23-26-20(27)30-11-15(28)22-19-25-24-18(31-19)14-9-10-14/h4-8,12,14H,3,9-11H2,1-2H3,(H,21,29)(H,22,25,28)/t12-/m0/s1. The number of nitrogens with zero attached hydrogens (tertiary/aromatic N) is 5. The minimum atomic E-state index is -0.328. The summed E-state index contributed by atoms with van der Waals surface area (Å²) in [5, 5.41) is 24.5. The molecule has 1 aliphatic carbocycles. The van der Waals surface area contributed by atoms with Crippen molar-refractivity contribution >= 4 is 40.0 Å². The molecule has 2 heterocycles. The van der Waals surface area contributed by atoms with E-state index in [-0.39, 0.29) is 23.6 Å². The zero-order valence-corrected chi connectivity index (χ0v) is 18.9. The largest absolute Gasteiger partial charge is 0.342 e. The maximum absolute atomic E-state index is 12.4. The Balaban J connectivity index is 1.34. The van der Waals surface area contributed by atoms with E-state index < -0.39 is 0 Å². The van der Waals surface area contributed by atoms with E-state index in [0.717, 1.165) is 17.8 Å². The highest BCUT2D eigenvalue weighted by atomic mass is 32.2. The number of thioether (sulfide) groups is 1. The lowest BCUT2D eigenvalue weighted by Gasteiger charge is -2.15. The van der Waals surface area contributed by atoms with E-state index in [9.17, 15) is 9.59 Å². The molecular weight excluding hydrogens is 434 g/mol. The van der Waals surface area contributed by atoms with Gasteiger partial charge in [-0.3, -0.25) is 14.9 Å². The van der Waals surface area contributed by atoms with Crippen LogP contribution in [0.2, 0.25) is 0 Å². The number of hydrogen-bond acceptors (Lipinski definition) is 8. The monoisotopic (exact) mass is 457 g/mol. The third kappa shape index (κ3) is 5.28. The molecule has 0 spiro atoms. The van der Waals surface area contributed by atoms with E-state index in [1.807, 2.05) is 36.6 Å². The maximum atomic E-state index is 12.4. The Morgan fingerprint density at radius 2 is 1.97 bits per heavy atom. The van der Waals surface area contributed by atoms with E-state index in [0.29, 0.717) is 34.1 Å². The Morgan fingerprint density at radius 3 is 2.68 bits per heavy atom. The van der Waals surface area contributed by atoms with Crippen LogP contribution in [0.3, 0.4) is 0 Å². The Kier molecular flexibility index (Phi) is 6.62. The summed E-state index contributed by atoms with van der Waals surface area (Å²) in [5.74, 6) is 1.01. The number of hydrogen-bond donors (Lipinski definition) is 2. The van der Waals surface area contributed by atoms with Crippen molar-refractivity contribution in [3.63, 3.8) is 0 Å². The van der Waals surface area contributed by atoms with Gasteiger partial charge >= 0.3 is 0 Å². The molecule has 31 heavy (non-hydrogen) atoms. The number of carbonyl (C=O) groups excluding carboxylic acids is 2. The second-order valence-electron chi connectivity index (χ2n) is 7.20. The van der Waals surface area contributed by atoms with Gasteiger partial charge in [-0.25, -0.2) is 0 Å². The second-order valence-corrected chi connectivity index (χ2v) is 9.15. The number of benzene rings is 1. The molecule has 1 saturated carbocycles. The number of aromatic nitrogens is 5. The molecule has 11 heteroatoms. The third-order valence-corrected chi connectivity index (χ3v) is 6.75. The van der Waals surface area contributed by atoms with Crippen molar-refractivity contribution in [1.82, 2.24) is 30.3 Å². The summed E-state index contributed by atoms with van der Waals surface area (Å²) in [6.07, 6.45) is 2.30. The predicted molar refractivity (Wildman–Crippen MR) is 119 cm³/mol. The first kappa shape index (κ1) is 21.4. The first-order valence-electron chi connectivity index (χ1n) is 10.1. The minimum absolute atomic E-state index is 0.166. The van der Waals surface area contributed by atoms with Crippen LogP contribution in [-0.4, -0.2) is 42.5 Å². The summed E-state index contributed by atoms with van der Waals surface area (Å²) in [7, 11) is 0. The molecule has 1 fully saturated rings. The van der Waals surface area contributed by atoms with Crippen LogP contribution < -0.4 is 10.6 Å². The van der Waals surface area contributed by atoms with Gasteiger partial charge < -0.3 is 9.88 Å². The van der Waals surface area contributed by atoms with Crippen molar-refractivity contribution in [3.05, 3.63) is 46.7 Å². The van der Waals surface area contributed by atoms with Gasteiger partial charge in [0.1, 0.15) is 5.01 Å². The van der Waals surface area contributed by atoms with Crippen molar-refractivity contribution < 1.29 is 9.59 Å². The highest BCUT2D eigenvalue weighted by molar-refractivity contribution is 7.99. The first-order valence-corrected chi connectivity index (χ1v) is 11.9. The van der Waals surface area contributed by atoms with Crippen LogP contribution in [0.25, 0.3) is 0 Å². The lowest BCUT2D eigenvalue weighted by molar-refractivity contribution is -0.113. The molecule has 0 radical (unpaired) electrons. The van der Waals surface area contributed by atoms with Crippen LogP contribution in [0.4, 0.5) is 5.13 Å². The highest BCUT2D eigenvalue weighted by Crippen LogP contribution is 2.42. The zero-order valence-electron chi connectivity index (χ0n) is 17.2. The van der Waals surface area contributed by atoms with Gasteiger partial charge in [0, 0.05) is 18.0 Å². The normalized spacial score (nSPS) is 14.3. The topological polar surface area (TPSA) is 115 Å². The molecule has 2 amide bonds. The summed E-state index contributed by atoms with van der Waals surface area (Å²) in [6, 6.07) is 8.71. The molecule has 1 aliphatic rings. The molecule has 0 bridgehead atoms. The van der Waals surface area contributed by atoms with Crippen molar-refractivity contribution in [2.75, 3.05) is 11.1 Å². The fraction of sp³-hybridized carbons (Fsp3) is 0.400. The van der Waals surface area contributed by atoms with Gasteiger partial charge in [-0.05, 0) is 38.8 Å². The maximum Gasteiger partial charge on any atom is 0.251 e. The molecule has 0 saturated heterocycles. The van der Waals surface area contributed by atoms with Crippen LogP contribution in [0, 0.1) is 0 Å². The number of rotatable bonds is 9. The summed E-state index contributed by atoms with van der Waals surface area (Å²) in [4.78, 5) is 24.8. The summed E-state index contributed by atoms with van der Waals surface area (Å²) >= 11 is 2.74. The highest BCUT2D eigenvalue weighted by Gasteiger charge is 2.28. The van der Waals surface area contributed by atoms with Gasteiger partial charge in [0.05, 0.1) is 11.8 Å². The van der Waals surface area contributed by atoms with Gasteiger partial charge in [0.2, 0.25) is 11.0 Å². The zero-order chi connectivity index (χ0) is 21.8.